The second kappa shape index (κ2) is 7.99. The Morgan fingerprint density at radius 3 is 2.53 bits per heavy atom. The smallest absolute Gasteiger partial charge is 0.228 e. The van der Waals surface area contributed by atoms with Crippen molar-refractivity contribution in [1.82, 2.24) is 0 Å². The van der Waals surface area contributed by atoms with Crippen LogP contribution in [0.4, 0.5) is 11.4 Å². The molecule has 1 aromatic carbocycles. The lowest BCUT2D eigenvalue weighted by molar-refractivity contribution is -0.119. The SMILES string of the molecule is CC(=O)Nc1cc(NC(=O)C(C)CN)ccc1Cl.Cl. The molecule has 0 aromatic heterocycles. The van der Waals surface area contributed by atoms with Crippen LogP contribution in [0.15, 0.2) is 18.2 Å². The molecule has 2 amide bonds. The molecule has 7 heteroatoms. The number of rotatable bonds is 4. The number of amides is 2. The number of benzene rings is 1. The summed E-state index contributed by atoms with van der Waals surface area (Å²) >= 11 is 5.92. The van der Waals surface area contributed by atoms with Gasteiger partial charge in [0.25, 0.3) is 0 Å². The molecule has 5 nitrogen and oxygen atoms in total. The van der Waals surface area contributed by atoms with E-state index in [1.54, 1.807) is 25.1 Å². The molecule has 0 aliphatic heterocycles. The molecule has 0 radical (unpaired) electrons. The van der Waals surface area contributed by atoms with Crippen LogP contribution in [-0.2, 0) is 9.59 Å². The van der Waals surface area contributed by atoms with E-state index < -0.39 is 0 Å². The Morgan fingerprint density at radius 2 is 2.00 bits per heavy atom. The Balaban J connectivity index is 0.00000324. The first-order valence-electron chi connectivity index (χ1n) is 5.52. The average Bonchev–Trinajstić information content (AvgIpc) is 2.31. The summed E-state index contributed by atoms with van der Waals surface area (Å²) in [6.45, 7) is 3.40. The van der Waals surface area contributed by atoms with Crippen molar-refractivity contribution in [1.29, 1.82) is 0 Å². The summed E-state index contributed by atoms with van der Waals surface area (Å²) in [6, 6.07) is 4.87. The van der Waals surface area contributed by atoms with Gasteiger partial charge in [-0.05, 0) is 18.2 Å². The van der Waals surface area contributed by atoms with Crippen molar-refractivity contribution in [2.45, 2.75) is 13.8 Å². The maximum atomic E-state index is 11.7. The van der Waals surface area contributed by atoms with Gasteiger partial charge in [-0.25, -0.2) is 0 Å². The summed E-state index contributed by atoms with van der Waals surface area (Å²) in [6.07, 6.45) is 0. The molecule has 1 unspecified atom stereocenters. The summed E-state index contributed by atoms with van der Waals surface area (Å²) in [4.78, 5) is 22.6. The van der Waals surface area contributed by atoms with Gasteiger partial charge < -0.3 is 16.4 Å². The lowest BCUT2D eigenvalue weighted by atomic mass is 10.1. The van der Waals surface area contributed by atoms with Crippen molar-refractivity contribution in [3.63, 3.8) is 0 Å². The molecule has 0 saturated carbocycles. The maximum absolute atomic E-state index is 11.7. The summed E-state index contributed by atoms with van der Waals surface area (Å²) in [5.74, 6) is -0.672. The Kier molecular flexibility index (Phi) is 7.44. The van der Waals surface area contributed by atoms with Crippen molar-refractivity contribution in [3.05, 3.63) is 23.2 Å². The monoisotopic (exact) mass is 305 g/mol. The van der Waals surface area contributed by atoms with E-state index >= 15 is 0 Å². The van der Waals surface area contributed by atoms with E-state index in [-0.39, 0.29) is 36.7 Å². The van der Waals surface area contributed by atoms with E-state index in [9.17, 15) is 9.59 Å². The molecule has 0 aliphatic carbocycles. The van der Waals surface area contributed by atoms with E-state index in [4.69, 9.17) is 17.3 Å². The number of halogens is 2. The Labute approximate surface area is 123 Å². The average molecular weight is 306 g/mol. The number of hydrogen-bond acceptors (Lipinski definition) is 3. The summed E-state index contributed by atoms with van der Waals surface area (Å²) in [5.41, 5.74) is 6.43. The van der Waals surface area contributed by atoms with Crippen LogP contribution in [0.3, 0.4) is 0 Å². The third-order valence-electron chi connectivity index (χ3n) is 2.35. The van der Waals surface area contributed by atoms with Crippen LogP contribution in [0, 0.1) is 5.92 Å². The van der Waals surface area contributed by atoms with Gasteiger partial charge in [0, 0.05) is 25.1 Å². The molecule has 1 rings (SSSR count). The van der Waals surface area contributed by atoms with Crippen molar-refractivity contribution < 1.29 is 9.59 Å². The third kappa shape index (κ3) is 5.46. The molecule has 0 bridgehead atoms. The third-order valence-corrected chi connectivity index (χ3v) is 2.68. The summed E-state index contributed by atoms with van der Waals surface area (Å²) < 4.78 is 0. The van der Waals surface area contributed by atoms with Crippen LogP contribution in [0.25, 0.3) is 0 Å². The zero-order valence-electron chi connectivity index (χ0n) is 10.7. The molecular formula is C12H17Cl2N3O2. The fourth-order valence-corrected chi connectivity index (χ4v) is 1.43. The zero-order chi connectivity index (χ0) is 13.7. The second-order valence-electron chi connectivity index (χ2n) is 4.00. The highest BCUT2D eigenvalue weighted by molar-refractivity contribution is 6.33. The Hall–Kier alpha value is -1.30. The minimum Gasteiger partial charge on any atom is -0.330 e. The predicted octanol–water partition coefficient (Wildman–Crippen LogP) is 2.25. The van der Waals surface area contributed by atoms with Gasteiger partial charge in [0.15, 0.2) is 0 Å². The van der Waals surface area contributed by atoms with Gasteiger partial charge in [-0.3, -0.25) is 9.59 Å². The quantitative estimate of drug-likeness (QED) is 0.797. The van der Waals surface area contributed by atoms with Crippen LogP contribution < -0.4 is 16.4 Å². The van der Waals surface area contributed by atoms with E-state index in [0.29, 0.717) is 16.4 Å². The van der Waals surface area contributed by atoms with Crippen LogP contribution in [-0.4, -0.2) is 18.4 Å². The molecule has 1 atom stereocenters. The second-order valence-corrected chi connectivity index (χ2v) is 4.41. The molecule has 4 N–H and O–H groups in total. The largest absolute Gasteiger partial charge is 0.330 e. The number of carbonyl (C=O) groups is 2. The fourth-order valence-electron chi connectivity index (χ4n) is 1.26. The van der Waals surface area contributed by atoms with Gasteiger partial charge >= 0.3 is 0 Å². The minimum absolute atomic E-state index is 0. The first-order valence-corrected chi connectivity index (χ1v) is 5.90. The van der Waals surface area contributed by atoms with Gasteiger partial charge in [0.2, 0.25) is 11.8 Å². The van der Waals surface area contributed by atoms with E-state index in [1.807, 2.05) is 0 Å². The van der Waals surface area contributed by atoms with Gasteiger partial charge in [-0.1, -0.05) is 18.5 Å². The lowest BCUT2D eigenvalue weighted by Crippen LogP contribution is -2.26. The van der Waals surface area contributed by atoms with Crippen molar-refractivity contribution >= 4 is 47.2 Å². The number of nitrogens with one attached hydrogen (secondary N) is 2. The molecule has 19 heavy (non-hydrogen) atoms. The van der Waals surface area contributed by atoms with Crippen LogP contribution in [0.2, 0.25) is 5.02 Å². The zero-order valence-corrected chi connectivity index (χ0v) is 12.3. The molecule has 0 spiro atoms. The first kappa shape index (κ1) is 17.7. The maximum Gasteiger partial charge on any atom is 0.228 e. The van der Waals surface area contributed by atoms with Gasteiger partial charge in [0.05, 0.1) is 10.7 Å². The van der Waals surface area contributed by atoms with Crippen LogP contribution in [0.1, 0.15) is 13.8 Å². The van der Waals surface area contributed by atoms with E-state index in [1.165, 1.54) is 6.92 Å². The van der Waals surface area contributed by atoms with Crippen molar-refractivity contribution in [3.8, 4) is 0 Å². The molecular weight excluding hydrogens is 289 g/mol. The number of nitrogens with two attached hydrogens (primary N) is 1. The van der Waals surface area contributed by atoms with Gasteiger partial charge in [-0.15, -0.1) is 12.4 Å². The topological polar surface area (TPSA) is 84.2 Å². The Bertz CT molecular complexity index is 466. The molecule has 0 fully saturated rings. The molecule has 106 valence electrons. The van der Waals surface area contributed by atoms with Crippen molar-refractivity contribution in [2.24, 2.45) is 11.7 Å². The van der Waals surface area contributed by atoms with Gasteiger partial charge in [0.1, 0.15) is 0 Å². The number of carbonyl (C=O) groups excluding carboxylic acids is 2. The molecule has 1 aromatic rings. The molecule has 0 saturated heterocycles. The highest BCUT2D eigenvalue weighted by Crippen LogP contribution is 2.25. The van der Waals surface area contributed by atoms with Crippen LogP contribution in [0.5, 0.6) is 0 Å². The Morgan fingerprint density at radius 1 is 1.37 bits per heavy atom. The summed E-state index contributed by atoms with van der Waals surface area (Å²) in [7, 11) is 0. The number of anilines is 2. The van der Waals surface area contributed by atoms with E-state index in [0.717, 1.165) is 0 Å². The normalized spacial score (nSPS) is 11.2. The van der Waals surface area contributed by atoms with Gasteiger partial charge in [-0.2, -0.15) is 0 Å². The predicted molar refractivity (Wildman–Crippen MR) is 79.9 cm³/mol. The van der Waals surface area contributed by atoms with E-state index in [2.05, 4.69) is 10.6 Å². The van der Waals surface area contributed by atoms with Crippen molar-refractivity contribution in [2.75, 3.05) is 17.2 Å². The minimum atomic E-state index is -0.273. The first-order chi connectivity index (χ1) is 8.43. The molecule has 0 heterocycles. The fraction of sp³-hybridized carbons (Fsp3) is 0.333. The van der Waals surface area contributed by atoms with Crippen LogP contribution >= 0.6 is 24.0 Å². The molecule has 0 aliphatic rings. The number of hydrogen-bond donors (Lipinski definition) is 3. The summed E-state index contributed by atoms with van der Waals surface area (Å²) in [5, 5.41) is 5.70. The highest BCUT2D eigenvalue weighted by atomic mass is 35.5. The highest BCUT2D eigenvalue weighted by Gasteiger charge is 2.12. The lowest BCUT2D eigenvalue weighted by Gasteiger charge is -2.12. The standard InChI is InChI=1S/C12H16ClN3O2.ClH/c1-7(6-14)12(18)16-9-3-4-10(13)11(5-9)15-8(2)17;/h3-5,7H,6,14H2,1-2H3,(H,15,17)(H,16,18);1H.